The molecule has 0 spiro atoms. The van der Waals surface area contributed by atoms with Crippen LogP contribution in [0.15, 0.2) is 24.3 Å². The lowest BCUT2D eigenvalue weighted by Crippen LogP contribution is -2.33. The van der Waals surface area contributed by atoms with Gasteiger partial charge in [-0.1, -0.05) is 6.07 Å². The highest BCUT2D eigenvalue weighted by Gasteiger charge is 2.43. The molecular weight excluding hydrogens is 300 g/mol. The van der Waals surface area contributed by atoms with Crippen LogP contribution >= 0.6 is 0 Å². The van der Waals surface area contributed by atoms with E-state index in [9.17, 15) is 17.6 Å². The van der Waals surface area contributed by atoms with Gasteiger partial charge >= 0.3 is 12.5 Å². The highest BCUT2D eigenvalue weighted by atomic mass is 19.3. The van der Waals surface area contributed by atoms with E-state index in [4.69, 9.17) is 5.73 Å². The summed E-state index contributed by atoms with van der Waals surface area (Å²) in [6, 6.07) is 5.95. The molecule has 3 nitrogen and oxygen atoms in total. The summed E-state index contributed by atoms with van der Waals surface area (Å²) < 4.78 is 54.1. The first-order chi connectivity index (χ1) is 10.4. The zero-order chi connectivity index (χ0) is 16.2. The summed E-state index contributed by atoms with van der Waals surface area (Å²) in [6.45, 7) is 0.696. The Morgan fingerprint density at radius 3 is 2.55 bits per heavy atom. The maximum Gasteiger partial charge on any atom is 0.461 e. The molecule has 0 atom stereocenters. The van der Waals surface area contributed by atoms with E-state index in [-0.39, 0.29) is 11.8 Å². The van der Waals surface area contributed by atoms with Crippen molar-refractivity contribution in [1.82, 2.24) is 0 Å². The van der Waals surface area contributed by atoms with Crippen molar-refractivity contribution in [3.63, 3.8) is 0 Å². The zero-order valence-corrected chi connectivity index (χ0v) is 12.1. The van der Waals surface area contributed by atoms with Crippen molar-refractivity contribution in [2.45, 2.75) is 44.3 Å². The van der Waals surface area contributed by atoms with E-state index < -0.39 is 12.5 Å². The van der Waals surface area contributed by atoms with Gasteiger partial charge in [-0.25, -0.2) is 0 Å². The minimum Gasteiger partial charge on any atom is -0.428 e. The molecule has 22 heavy (non-hydrogen) atoms. The van der Waals surface area contributed by atoms with Crippen molar-refractivity contribution in [2.24, 2.45) is 11.7 Å². The molecule has 1 aromatic carbocycles. The molecule has 0 unspecified atom stereocenters. The van der Waals surface area contributed by atoms with Crippen LogP contribution in [0.2, 0.25) is 0 Å². The first-order valence-electron chi connectivity index (χ1n) is 7.31. The van der Waals surface area contributed by atoms with Gasteiger partial charge in [0.25, 0.3) is 0 Å². The second kappa shape index (κ2) is 7.17. The Bertz CT molecular complexity index is 476. The average molecular weight is 320 g/mol. The summed E-state index contributed by atoms with van der Waals surface area (Å²) in [7, 11) is 0. The van der Waals surface area contributed by atoms with E-state index >= 15 is 0 Å². The van der Waals surface area contributed by atoms with Gasteiger partial charge in [-0.15, -0.1) is 0 Å². The lowest BCUT2D eigenvalue weighted by atomic mass is 9.86. The van der Waals surface area contributed by atoms with Crippen LogP contribution in [-0.4, -0.2) is 25.1 Å². The van der Waals surface area contributed by atoms with E-state index in [1.54, 1.807) is 6.07 Å². The van der Waals surface area contributed by atoms with Gasteiger partial charge < -0.3 is 15.8 Å². The van der Waals surface area contributed by atoms with Crippen LogP contribution in [-0.2, 0) is 0 Å². The second-order valence-electron chi connectivity index (χ2n) is 5.65. The third-order valence-corrected chi connectivity index (χ3v) is 3.83. The van der Waals surface area contributed by atoms with Gasteiger partial charge in [-0.05, 0) is 43.7 Å². The SMILES string of the molecule is NC1CCC(CNc2cccc(OC(F)(F)C(F)F)c2)CC1. The minimum absolute atomic E-state index is 0.268. The van der Waals surface area contributed by atoms with Gasteiger partial charge in [0, 0.05) is 24.3 Å². The van der Waals surface area contributed by atoms with Crippen LogP contribution in [0, 0.1) is 5.92 Å². The zero-order valence-electron chi connectivity index (χ0n) is 12.1. The van der Waals surface area contributed by atoms with E-state index in [1.165, 1.54) is 18.2 Å². The van der Waals surface area contributed by atoms with Crippen molar-refractivity contribution < 1.29 is 22.3 Å². The Morgan fingerprint density at radius 1 is 1.23 bits per heavy atom. The second-order valence-corrected chi connectivity index (χ2v) is 5.65. The Hall–Kier alpha value is -1.50. The number of rotatable bonds is 6. The van der Waals surface area contributed by atoms with Crippen molar-refractivity contribution >= 4 is 5.69 Å². The maximum atomic E-state index is 12.9. The Labute approximate surface area is 126 Å². The molecule has 0 aromatic heterocycles. The monoisotopic (exact) mass is 320 g/mol. The molecule has 0 heterocycles. The van der Waals surface area contributed by atoms with Crippen LogP contribution < -0.4 is 15.8 Å². The Kier molecular flexibility index (Phi) is 5.50. The third kappa shape index (κ3) is 4.76. The van der Waals surface area contributed by atoms with Crippen molar-refractivity contribution in [1.29, 1.82) is 0 Å². The van der Waals surface area contributed by atoms with Gasteiger partial charge in [0.1, 0.15) is 5.75 Å². The lowest BCUT2D eigenvalue weighted by molar-refractivity contribution is -0.253. The molecule has 0 aliphatic heterocycles. The third-order valence-electron chi connectivity index (χ3n) is 3.83. The number of anilines is 1. The largest absolute Gasteiger partial charge is 0.461 e. The molecule has 0 amide bonds. The molecule has 3 N–H and O–H groups in total. The van der Waals surface area contributed by atoms with E-state index in [0.717, 1.165) is 25.7 Å². The maximum absolute atomic E-state index is 12.9. The number of benzene rings is 1. The lowest BCUT2D eigenvalue weighted by Gasteiger charge is -2.26. The number of nitrogens with two attached hydrogens (primary N) is 1. The molecule has 0 saturated heterocycles. The van der Waals surface area contributed by atoms with Gasteiger partial charge in [-0.2, -0.15) is 17.6 Å². The Morgan fingerprint density at radius 2 is 1.91 bits per heavy atom. The Balaban J connectivity index is 1.89. The fourth-order valence-electron chi connectivity index (χ4n) is 2.53. The summed E-state index contributed by atoms with van der Waals surface area (Å²) in [5, 5.41) is 3.13. The van der Waals surface area contributed by atoms with Crippen LogP contribution in [0.1, 0.15) is 25.7 Å². The molecule has 1 aliphatic rings. The smallest absolute Gasteiger partial charge is 0.428 e. The molecule has 0 radical (unpaired) electrons. The number of hydrogen-bond acceptors (Lipinski definition) is 3. The fourth-order valence-corrected chi connectivity index (χ4v) is 2.53. The first-order valence-corrected chi connectivity index (χ1v) is 7.31. The standard InChI is InChI=1S/C15H20F4N2O/c16-14(17)15(18,19)22-13-3-1-2-12(8-13)21-9-10-4-6-11(20)7-5-10/h1-3,8,10-11,14,21H,4-7,9,20H2. The number of ether oxygens (including phenoxy) is 1. The molecule has 2 rings (SSSR count). The fraction of sp³-hybridized carbons (Fsp3) is 0.600. The van der Waals surface area contributed by atoms with Gasteiger partial charge in [-0.3, -0.25) is 0 Å². The molecule has 7 heteroatoms. The van der Waals surface area contributed by atoms with Crippen molar-refractivity contribution in [3.8, 4) is 5.75 Å². The number of alkyl halides is 4. The summed E-state index contributed by atoms with van der Waals surface area (Å²) in [4.78, 5) is 0. The molecule has 1 saturated carbocycles. The summed E-state index contributed by atoms with van der Waals surface area (Å²) >= 11 is 0. The predicted molar refractivity (Wildman–Crippen MR) is 76.4 cm³/mol. The minimum atomic E-state index is -4.49. The van der Waals surface area contributed by atoms with Crippen LogP contribution in [0.3, 0.4) is 0 Å². The average Bonchev–Trinajstić information content (AvgIpc) is 2.46. The predicted octanol–water partition coefficient (Wildman–Crippen LogP) is 3.85. The van der Waals surface area contributed by atoms with Crippen LogP contribution in [0.4, 0.5) is 23.2 Å². The molecule has 124 valence electrons. The molecule has 1 aliphatic carbocycles. The van der Waals surface area contributed by atoms with Gasteiger partial charge in [0.15, 0.2) is 0 Å². The molecule has 1 fully saturated rings. The van der Waals surface area contributed by atoms with E-state index in [0.29, 0.717) is 18.2 Å². The van der Waals surface area contributed by atoms with Crippen LogP contribution in [0.25, 0.3) is 0 Å². The highest BCUT2D eigenvalue weighted by molar-refractivity contribution is 5.48. The number of halogens is 4. The quantitative estimate of drug-likeness (QED) is 0.783. The molecular formula is C15H20F4N2O. The summed E-state index contributed by atoms with van der Waals surface area (Å²) in [5.74, 6) is 0.188. The molecule has 0 bridgehead atoms. The van der Waals surface area contributed by atoms with Gasteiger partial charge in [0.05, 0.1) is 0 Å². The summed E-state index contributed by atoms with van der Waals surface area (Å²) in [6.07, 6.45) is -4.35. The van der Waals surface area contributed by atoms with Gasteiger partial charge in [0.2, 0.25) is 0 Å². The number of nitrogens with one attached hydrogen (secondary N) is 1. The molecule has 1 aromatic rings. The topological polar surface area (TPSA) is 47.3 Å². The highest BCUT2D eigenvalue weighted by Crippen LogP contribution is 2.29. The number of hydrogen-bond donors (Lipinski definition) is 2. The van der Waals surface area contributed by atoms with E-state index in [2.05, 4.69) is 10.1 Å². The van der Waals surface area contributed by atoms with Crippen molar-refractivity contribution in [2.75, 3.05) is 11.9 Å². The van der Waals surface area contributed by atoms with E-state index in [1.807, 2.05) is 0 Å². The van der Waals surface area contributed by atoms with Crippen LogP contribution in [0.5, 0.6) is 5.75 Å². The summed E-state index contributed by atoms with van der Waals surface area (Å²) in [5.41, 5.74) is 6.41. The normalized spacial score (nSPS) is 22.6. The first kappa shape index (κ1) is 16.9. The van der Waals surface area contributed by atoms with Crippen molar-refractivity contribution in [3.05, 3.63) is 24.3 Å².